The van der Waals surface area contributed by atoms with Crippen molar-refractivity contribution >= 4 is 11.5 Å². The van der Waals surface area contributed by atoms with E-state index in [1.54, 1.807) is 12.1 Å². The van der Waals surface area contributed by atoms with Gasteiger partial charge < -0.3 is 33.6 Å². The Bertz CT molecular complexity index is 889. The Morgan fingerprint density at radius 2 is 1.13 bits per heavy atom. The molecule has 0 amide bonds. The van der Waals surface area contributed by atoms with E-state index in [-0.39, 0.29) is 17.7 Å². The van der Waals surface area contributed by atoms with Gasteiger partial charge in [0.15, 0.2) is 23.0 Å². The van der Waals surface area contributed by atoms with E-state index in [1.165, 1.54) is 54.8 Å². The van der Waals surface area contributed by atoms with Crippen molar-refractivity contribution in [3.05, 3.63) is 35.4 Å². The quantitative estimate of drug-likeness (QED) is 0.271. The predicted molar refractivity (Wildman–Crippen MR) is 109 cm³/mol. The molecule has 0 bridgehead atoms. The Hall–Kier alpha value is -3.62. The molecule has 0 heterocycles. The van der Waals surface area contributed by atoms with E-state index in [0.29, 0.717) is 40.1 Å². The molecule has 0 fully saturated rings. The van der Waals surface area contributed by atoms with Crippen molar-refractivity contribution in [2.24, 2.45) is 5.16 Å². The topological polar surface area (TPSA) is 105 Å². The molecular weight excluding hydrogens is 394 g/mol. The molecule has 0 aliphatic rings. The van der Waals surface area contributed by atoms with Gasteiger partial charge in [-0.05, 0) is 29.8 Å². The summed E-state index contributed by atoms with van der Waals surface area (Å²) in [5, 5.41) is 12.7. The van der Waals surface area contributed by atoms with Crippen LogP contribution in [0.3, 0.4) is 0 Å². The van der Waals surface area contributed by atoms with Crippen molar-refractivity contribution in [3.63, 3.8) is 0 Å². The van der Waals surface area contributed by atoms with Gasteiger partial charge in [0.2, 0.25) is 17.3 Å². The number of ketones is 1. The van der Waals surface area contributed by atoms with Gasteiger partial charge in [0.05, 0.1) is 42.7 Å². The number of methoxy groups -OCH3 is 6. The average molecular weight is 419 g/mol. The number of carbonyl (C=O) groups excluding carboxylic acids is 1. The Labute approximate surface area is 174 Å². The highest BCUT2D eigenvalue weighted by Crippen LogP contribution is 2.40. The van der Waals surface area contributed by atoms with Crippen LogP contribution in [-0.2, 0) is 6.42 Å². The lowest BCUT2D eigenvalue weighted by Gasteiger charge is -2.15. The van der Waals surface area contributed by atoms with Crippen molar-refractivity contribution in [1.82, 2.24) is 0 Å². The maximum atomic E-state index is 13.0. The van der Waals surface area contributed by atoms with Crippen LogP contribution >= 0.6 is 0 Å². The summed E-state index contributed by atoms with van der Waals surface area (Å²) < 4.78 is 31.8. The minimum Gasteiger partial charge on any atom is -0.493 e. The van der Waals surface area contributed by atoms with Crippen molar-refractivity contribution in [1.29, 1.82) is 0 Å². The van der Waals surface area contributed by atoms with Gasteiger partial charge in [-0.2, -0.15) is 0 Å². The van der Waals surface area contributed by atoms with E-state index in [0.717, 1.165) is 0 Å². The number of nitrogens with zero attached hydrogens (tertiary/aromatic N) is 1. The molecule has 0 saturated heterocycles. The van der Waals surface area contributed by atoms with Crippen molar-refractivity contribution < 1.29 is 38.4 Å². The summed E-state index contributed by atoms with van der Waals surface area (Å²) in [6.07, 6.45) is 0.0166. The first kappa shape index (κ1) is 22.7. The third-order valence-corrected chi connectivity index (χ3v) is 4.41. The van der Waals surface area contributed by atoms with Gasteiger partial charge in [-0.25, -0.2) is 0 Å². The number of hydrogen-bond acceptors (Lipinski definition) is 9. The summed E-state index contributed by atoms with van der Waals surface area (Å²) in [5.41, 5.74) is 0.737. The Balaban J connectivity index is 2.43. The monoisotopic (exact) mass is 419 g/mol. The number of benzene rings is 2. The van der Waals surface area contributed by atoms with Crippen LogP contribution in [0.5, 0.6) is 34.5 Å². The summed E-state index contributed by atoms with van der Waals surface area (Å²) in [5.74, 6) is 1.72. The van der Waals surface area contributed by atoms with E-state index in [1.807, 2.05) is 0 Å². The molecule has 0 atom stereocenters. The van der Waals surface area contributed by atoms with E-state index in [9.17, 15) is 10.0 Å². The molecular formula is C21H25NO8. The zero-order chi connectivity index (χ0) is 22.3. The molecule has 0 aliphatic heterocycles. The Morgan fingerprint density at radius 3 is 1.47 bits per heavy atom. The molecule has 0 unspecified atom stereocenters. The molecule has 0 saturated carbocycles. The molecule has 30 heavy (non-hydrogen) atoms. The summed E-state index contributed by atoms with van der Waals surface area (Å²) >= 11 is 0. The van der Waals surface area contributed by atoms with E-state index in [2.05, 4.69) is 5.16 Å². The number of hydrogen-bond donors (Lipinski definition) is 1. The number of ether oxygens (including phenoxy) is 6. The first-order valence-electron chi connectivity index (χ1n) is 8.82. The van der Waals surface area contributed by atoms with Crippen LogP contribution in [0.15, 0.2) is 29.4 Å². The molecule has 9 heteroatoms. The fourth-order valence-electron chi connectivity index (χ4n) is 2.97. The van der Waals surface area contributed by atoms with E-state index < -0.39 is 5.78 Å². The molecule has 2 aromatic rings. The number of Topliss-reactive ketones (excluding diaryl/α,β-unsaturated/α-hetero) is 1. The second-order valence-electron chi connectivity index (χ2n) is 6.00. The summed E-state index contributed by atoms with van der Waals surface area (Å²) in [6.45, 7) is 0. The normalized spacial score (nSPS) is 10.9. The lowest BCUT2D eigenvalue weighted by Crippen LogP contribution is -2.18. The van der Waals surface area contributed by atoms with Crippen molar-refractivity contribution in [2.45, 2.75) is 6.42 Å². The van der Waals surface area contributed by atoms with Crippen LogP contribution in [0.2, 0.25) is 0 Å². The Kier molecular flexibility index (Phi) is 7.74. The third-order valence-electron chi connectivity index (χ3n) is 4.41. The van der Waals surface area contributed by atoms with Gasteiger partial charge in [0, 0.05) is 12.0 Å². The van der Waals surface area contributed by atoms with E-state index >= 15 is 0 Å². The van der Waals surface area contributed by atoms with Gasteiger partial charge in [-0.1, -0.05) is 5.16 Å². The summed E-state index contributed by atoms with van der Waals surface area (Å²) in [6, 6.07) is 6.33. The Morgan fingerprint density at radius 1 is 0.733 bits per heavy atom. The standard InChI is InChI=1S/C21H25NO8/c1-25-15-8-12(9-16(26-2)20(15)29-5)7-14(22-24)19(23)13-10-17(27-3)21(30-6)18(11-13)28-4/h8-11,24H,7H2,1-6H3/b22-14-. The van der Waals surface area contributed by atoms with Crippen molar-refractivity contribution in [3.8, 4) is 34.5 Å². The third kappa shape index (κ3) is 4.51. The maximum absolute atomic E-state index is 13.0. The first-order chi connectivity index (χ1) is 14.5. The molecule has 162 valence electrons. The summed E-state index contributed by atoms with van der Waals surface area (Å²) in [7, 11) is 8.83. The second-order valence-corrected chi connectivity index (χ2v) is 6.00. The molecule has 0 radical (unpaired) electrons. The first-order valence-corrected chi connectivity index (χ1v) is 8.82. The summed E-state index contributed by atoms with van der Waals surface area (Å²) in [4.78, 5) is 13.0. The highest BCUT2D eigenvalue weighted by molar-refractivity contribution is 6.46. The van der Waals surface area contributed by atoms with Crippen LogP contribution in [0, 0.1) is 0 Å². The highest BCUT2D eigenvalue weighted by Gasteiger charge is 2.22. The molecule has 1 N–H and O–H groups in total. The van der Waals surface area contributed by atoms with E-state index in [4.69, 9.17) is 28.4 Å². The maximum Gasteiger partial charge on any atom is 0.211 e. The second kappa shape index (κ2) is 10.2. The van der Waals surface area contributed by atoms with Crippen LogP contribution in [0.1, 0.15) is 15.9 Å². The highest BCUT2D eigenvalue weighted by atomic mass is 16.5. The number of carbonyl (C=O) groups is 1. The molecule has 0 aromatic heterocycles. The fraction of sp³-hybridized carbons (Fsp3) is 0.333. The number of rotatable bonds is 10. The van der Waals surface area contributed by atoms with Gasteiger partial charge in [0.1, 0.15) is 5.71 Å². The predicted octanol–water partition coefficient (Wildman–Crippen LogP) is 2.99. The fourth-order valence-corrected chi connectivity index (χ4v) is 2.97. The lowest BCUT2D eigenvalue weighted by atomic mass is 9.99. The smallest absolute Gasteiger partial charge is 0.211 e. The lowest BCUT2D eigenvalue weighted by molar-refractivity contribution is 0.105. The SMILES string of the molecule is COc1cc(C/C(=N/O)C(=O)c2cc(OC)c(OC)c(OC)c2)cc(OC)c1OC. The van der Waals surface area contributed by atoms with Gasteiger partial charge >= 0.3 is 0 Å². The zero-order valence-electron chi connectivity index (χ0n) is 17.8. The molecule has 0 aliphatic carbocycles. The minimum absolute atomic E-state index is 0.0166. The van der Waals surface area contributed by atoms with Crippen LogP contribution in [-0.4, -0.2) is 59.4 Å². The van der Waals surface area contributed by atoms with Crippen LogP contribution < -0.4 is 28.4 Å². The van der Waals surface area contributed by atoms with Gasteiger partial charge in [-0.3, -0.25) is 4.79 Å². The average Bonchev–Trinajstić information content (AvgIpc) is 2.79. The molecule has 2 rings (SSSR count). The minimum atomic E-state index is -0.509. The zero-order valence-corrected chi connectivity index (χ0v) is 17.8. The molecule has 0 spiro atoms. The van der Waals surface area contributed by atoms with Crippen LogP contribution in [0.4, 0.5) is 0 Å². The van der Waals surface area contributed by atoms with Gasteiger partial charge in [0.25, 0.3) is 0 Å². The van der Waals surface area contributed by atoms with Crippen molar-refractivity contribution in [2.75, 3.05) is 42.7 Å². The van der Waals surface area contributed by atoms with Crippen LogP contribution in [0.25, 0.3) is 0 Å². The largest absolute Gasteiger partial charge is 0.493 e. The van der Waals surface area contributed by atoms with Gasteiger partial charge in [-0.15, -0.1) is 0 Å². The molecule has 2 aromatic carbocycles. The molecule has 9 nitrogen and oxygen atoms in total. The number of oxime groups is 1.